The molecular weight excluding hydrogens is 534 g/mol. The topological polar surface area (TPSA) is 163 Å². The van der Waals surface area contributed by atoms with Gasteiger partial charge in [0.1, 0.15) is 0 Å². The number of oxime groups is 1. The molecule has 0 saturated carbocycles. The third-order valence-electron chi connectivity index (χ3n) is 5.73. The molecule has 0 heterocycles. The number of nitrogens with one attached hydrogen (secondary N) is 1. The number of amides is 1. The lowest BCUT2D eigenvalue weighted by Gasteiger charge is -2.38. The van der Waals surface area contributed by atoms with Crippen LogP contribution in [0.4, 0.5) is 4.79 Å². The second kappa shape index (κ2) is 13.2. The Morgan fingerprint density at radius 3 is 2.21 bits per heavy atom. The minimum Gasteiger partial charge on any atom is -0.450 e. The molecule has 0 bridgehead atoms. The molecule has 0 fully saturated rings. The van der Waals surface area contributed by atoms with Crippen molar-refractivity contribution in [1.82, 2.24) is 9.62 Å². The van der Waals surface area contributed by atoms with Crippen molar-refractivity contribution >= 4 is 32.2 Å². The SMILES string of the molecule is CCOC(=O)N[C@@H](Cc1ccccc1)[C@@](O)(CN(CC(C)C)S(=O)(=O)c1ccc(/C=N/O)cc1)S(C)(=O)=O. The van der Waals surface area contributed by atoms with E-state index in [1.807, 2.05) is 0 Å². The van der Waals surface area contributed by atoms with Gasteiger partial charge in [-0.25, -0.2) is 21.6 Å². The van der Waals surface area contributed by atoms with E-state index in [9.17, 15) is 26.7 Å². The molecule has 0 aromatic heterocycles. The van der Waals surface area contributed by atoms with Gasteiger partial charge in [0.05, 0.1) is 30.3 Å². The lowest BCUT2D eigenvalue weighted by atomic mass is 10.0. The molecule has 2 aromatic rings. The van der Waals surface area contributed by atoms with Gasteiger partial charge in [0.2, 0.25) is 10.0 Å². The van der Waals surface area contributed by atoms with Crippen LogP contribution in [-0.2, 0) is 31.0 Å². The summed E-state index contributed by atoms with van der Waals surface area (Å²) in [6, 6.07) is 12.6. The second-order valence-electron chi connectivity index (χ2n) is 9.23. The number of carbonyl (C=O) groups excluding carboxylic acids is 1. The maximum Gasteiger partial charge on any atom is 0.407 e. The number of carbonyl (C=O) groups is 1. The maximum atomic E-state index is 13.7. The minimum atomic E-state index is -4.40. The molecule has 3 N–H and O–H groups in total. The first-order valence-corrected chi connectivity index (χ1v) is 15.2. The molecule has 0 unspecified atom stereocenters. The van der Waals surface area contributed by atoms with E-state index < -0.39 is 43.5 Å². The van der Waals surface area contributed by atoms with E-state index in [1.165, 1.54) is 24.3 Å². The zero-order valence-electron chi connectivity index (χ0n) is 21.8. The zero-order valence-corrected chi connectivity index (χ0v) is 23.4. The highest BCUT2D eigenvalue weighted by Crippen LogP contribution is 2.28. The van der Waals surface area contributed by atoms with Crippen molar-refractivity contribution in [3.8, 4) is 0 Å². The normalized spacial score (nSPS) is 14.9. The van der Waals surface area contributed by atoms with Crippen molar-refractivity contribution in [2.45, 2.75) is 43.1 Å². The molecule has 2 aromatic carbocycles. The summed E-state index contributed by atoms with van der Waals surface area (Å²) in [6.07, 6.45) is 0.851. The van der Waals surface area contributed by atoms with Gasteiger partial charge in [-0.3, -0.25) is 0 Å². The lowest BCUT2D eigenvalue weighted by molar-refractivity contribution is 0.0553. The Morgan fingerprint density at radius 1 is 1.11 bits per heavy atom. The van der Waals surface area contributed by atoms with Crippen LogP contribution in [0.25, 0.3) is 0 Å². The van der Waals surface area contributed by atoms with Crippen LogP contribution in [-0.4, -0.2) is 80.7 Å². The van der Waals surface area contributed by atoms with E-state index in [0.29, 0.717) is 11.1 Å². The molecule has 38 heavy (non-hydrogen) atoms. The quantitative estimate of drug-likeness (QED) is 0.188. The number of sulfonamides is 1. The van der Waals surface area contributed by atoms with E-state index >= 15 is 0 Å². The summed E-state index contributed by atoms with van der Waals surface area (Å²) in [5, 5.41) is 25.8. The lowest BCUT2D eigenvalue weighted by Crippen LogP contribution is -2.63. The fraction of sp³-hybridized carbons (Fsp3) is 0.440. The van der Waals surface area contributed by atoms with Gasteiger partial charge in [0.15, 0.2) is 14.8 Å². The van der Waals surface area contributed by atoms with Crippen molar-refractivity contribution in [1.29, 1.82) is 0 Å². The van der Waals surface area contributed by atoms with Crippen LogP contribution in [0.1, 0.15) is 31.9 Å². The Hall–Kier alpha value is -3.00. The molecule has 2 atom stereocenters. The van der Waals surface area contributed by atoms with Crippen LogP contribution in [0.2, 0.25) is 0 Å². The van der Waals surface area contributed by atoms with Crippen LogP contribution < -0.4 is 5.32 Å². The number of nitrogens with zero attached hydrogens (tertiary/aromatic N) is 2. The number of ether oxygens (including phenoxy) is 1. The zero-order chi connectivity index (χ0) is 28.6. The van der Waals surface area contributed by atoms with Gasteiger partial charge in [-0.05, 0) is 42.5 Å². The monoisotopic (exact) mass is 569 g/mol. The molecular formula is C25H35N3O8S2. The van der Waals surface area contributed by atoms with Gasteiger partial charge in [-0.15, -0.1) is 0 Å². The van der Waals surface area contributed by atoms with E-state index in [1.54, 1.807) is 51.1 Å². The molecule has 11 nitrogen and oxygen atoms in total. The first-order chi connectivity index (χ1) is 17.7. The van der Waals surface area contributed by atoms with E-state index in [-0.39, 0.29) is 30.4 Å². The van der Waals surface area contributed by atoms with E-state index in [2.05, 4.69) is 10.5 Å². The summed E-state index contributed by atoms with van der Waals surface area (Å²) in [7, 11) is -8.71. The summed E-state index contributed by atoms with van der Waals surface area (Å²) in [4.78, 5) is 9.51. The predicted molar refractivity (Wildman–Crippen MR) is 143 cm³/mol. The van der Waals surface area contributed by atoms with E-state index in [0.717, 1.165) is 16.8 Å². The first kappa shape index (κ1) is 31.2. The third kappa shape index (κ3) is 8.00. The number of hydrogen-bond donors (Lipinski definition) is 3. The minimum absolute atomic E-state index is 0.00598. The van der Waals surface area contributed by atoms with Crippen LogP contribution >= 0.6 is 0 Å². The Morgan fingerprint density at radius 2 is 1.71 bits per heavy atom. The molecule has 0 aliphatic rings. The highest BCUT2D eigenvalue weighted by molar-refractivity contribution is 7.92. The number of alkyl carbamates (subject to hydrolysis) is 1. The molecule has 0 radical (unpaired) electrons. The molecule has 0 spiro atoms. The maximum absolute atomic E-state index is 13.7. The molecule has 2 rings (SSSR count). The first-order valence-electron chi connectivity index (χ1n) is 11.9. The van der Waals surface area contributed by atoms with Gasteiger partial charge in [-0.1, -0.05) is 61.5 Å². The smallest absolute Gasteiger partial charge is 0.407 e. The standard InChI is InChI=1S/C25H35N3O8S2/c1-5-36-24(29)27-23(15-20-9-7-6-8-10-20)25(30,37(4,32)33)18-28(17-19(2)3)38(34,35)22-13-11-21(12-14-22)16-26-31/h6-14,16,19,23,30-31H,5,15,17-18H2,1-4H3,(H,27,29)/b26-16+/t23-,25+/m0/s1. The Bertz CT molecular complexity index is 1300. The van der Waals surface area contributed by atoms with Gasteiger partial charge < -0.3 is 20.4 Å². The van der Waals surface area contributed by atoms with Crippen molar-refractivity contribution < 1.29 is 36.7 Å². The van der Waals surface area contributed by atoms with Crippen molar-refractivity contribution in [2.24, 2.45) is 11.1 Å². The summed E-state index contributed by atoms with van der Waals surface area (Å²) in [5.74, 6) is -0.236. The Kier molecular flexibility index (Phi) is 10.8. The second-order valence-corrected chi connectivity index (χ2v) is 13.4. The van der Waals surface area contributed by atoms with Crippen LogP contribution in [0, 0.1) is 5.92 Å². The van der Waals surface area contributed by atoms with Gasteiger partial charge >= 0.3 is 6.09 Å². The molecule has 1 amide bonds. The van der Waals surface area contributed by atoms with Crippen LogP contribution in [0.15, 0.2) is 64.6 Å². The molecule has 0 saturated heterocycles. The number of sulfone groups is 1. The van der Waals surface area contributed by atoms with Crippen LogP contribution in [0.5, 0.6) is 0 Å². The molecule has 0 aliphatic carbocycles. The number of aliphatic hydroxyl groups is 1. The van der Waals surface area contributed by atoms with Crippen molar-refractivity contribution in [3.63, 3.8) is 0 Å². The van der Waals surface area contributed by atoms with Crippen molar-refractivity contribution in [2.75, 3.05) is 26.0 Å². The average molecular weight is 570 g/mol. The number of rotatable bonds is 13. The summed E-state index contributed by atoms with van der Waals surface area (Å²) < 4.78 is 59.4. The predicted octanol–water partition coefficient (Wildman–Crippen LogP) is 2.23. The molecule has 13 heteroatoms. The Labute approximate surface area is 224 Å². The fourth-order valence-electron chi connectivity index (χ4n) is 3.82. The van der Waals surface area contributed by atoms with Gasteiger partial charge in [-0.2, -0.15) is 4.31 Å². The largest absolute Gasteiger partial charge is 0.450 e. The molecule has 210 valence electrons. The van der Waals surface area contributed by atoms with Gasteiger partial charge in [0, 0.05) is 12.8 Å². The van der Waals surface area contributed by atoms with Crippen molar-refractivity contribution in [3.05, 3.63) is 65.7 Å². The number of hydrogen-bond acceptors (Lipinski definition) is 9. The summed E-state index contributed by atoms with van der Waals surface area (Å²) in [5.41, 5.74) is 1.05. The number of benzene rings is 2. The van der Waals surface area contributed by atoms with E-state index in [4.69, 9.17) is 9.94 Å². The molecule has 0 aliphatic heterocycles. The average Bonchev–Trinajstić information content (AvgIpc) is 2.83. The van der Waals surface area contributed by atoms with Gasteiger partial charge in [0.25, 0.3) is 0 Å². The summed E-state index contributed by atoms with van der Waals surface area (Å²) >= 11 is 0. The highest BCUT2D eigenvalue weighted by atomic mass is 32.2. The fourth-order valence-corrected chi connectivity index (χ4v) is 6.59. The summed E-state index contributed by atoms with van der Waals surface area (Å²) in [6.45, 7) is 4.12. The highest BCUT2D eigenvalue weighted by Gasteiger charge is 2.50. The Balaban J connectivity index is 2.61. The third-order valence-corrected chi connectivity index (χ3v) is 9.26. The van der Waals surface area contributed by atoms with Crippen LogP contribution in [0.3, 0.4) is 0 Å².